The largest absolute Gasteiger partial charge is 0.486 e. The van der Waals surface area contributed by atoms with Crippen molar-refractivity contribution in [1.29, 1.82) is 5.26 Å². The minimum atomic E-state index is -1.22. The summed E-state index contributed by atoms with van der Waals surface area (Å²) in [6, 6.07) is 10.7. The average molecular weight is 300 g/mol. The van der Waals surface area contributed by atoms with Gasteiger partial charge in [-0.25, -0.2) is 4.98 Å². The van der Waals surface area contributed by atoms with Gasteiger partial charge in [-0.15, -0.1) is 0 Å². The third kappa shape index (κ3) is 3.03. The van der Waals surface area contributed by atoms with Gasteiger partial charge < -0.3 is 9.47 Å². The highest BCUT2D eigenvalue weighted by Crippen LogP contribution is 2.32. The van der Waals surface area contributed by atoms with E-state index >= 15 is 0 Å². The molecule has 0 saturated heterocycles. The summed E-state index contributed by atoms with van der Waals surface area (Å²) < 4.78 is 23.3. The predicted octanol–water partition coefficient (Wildman–Crippen LogP) is 2.03. The number of aromatic nitrogens is 1. The van der Waals surface area contributed by atoms with Gasteiger partial charge in [0, 0.05) is 17.2 Å². The highest BCUT2D eigenvalue weighted by atomic mass is 32.2. The van der Waals surface area contributed by atoms with Gasteiger partial charge in [-0.3, -0.25) is 4.21 Å². The van der Waals surface area contributed by atoms with E-state index in [1.807, 2.05) is 6.07 Å². The first-order chi connectivity index (χ1) is 10.3. The highest BCUT2D eigenvalue weighted by Gasteiger charge is 2.14. The van der Waals surface area contributed by atoms with Crippen LogP contribution in [0.5, 0.6) is 11.5 Å². The van der Waals surface area contributed by atoms with Gasteiger partial charge in [0.25, 0.3) is 0 Å². The Balaban J connectivity index is 1.80. The lowest BCUT2D eigenvalue weighted by atomic mass is 10.2. The molecule has 1 aromatic heterocycles. The maximum Gasteiger partial charge on any atom is 0.162 e. The molecule has 2 aromatic rings. The number of ether oxygens (including phenoxy) is 2. The van der Waals surface area contributed by atoms with Crippen LogP contribution in [0.3, 0.4) is 0 Å². The van der Waals surface area contributed by atoms with Crippen molar-refractivity contribution < 1.29 is 13.7 Å². The van der Waals surface area contributed by atoms with Crippen LogP contribution in [0.25, 0.3) is 0 Å². The molecule has 1 atom stereocenters. The summed E-state index contributed by atoms with van der Waals surface area (Å²) in [7, 11) is -1.22. The molecule has 1 unspecified atom stereocenters. The van der Waals surface area contributed by atoms with Gasteiger partial charge in [-0.05, 0) is 29.8 Å². The van der Waals surface area contributed by atoms with Crippen molar-refractivity contribution >= 4 is 10.8 Å². The van der Waals surface area contributed by atoms with Crippen molar-refractivity contribution in [2.24, 2.45) is 0 Å². The second kappa shape index (κ2) is 5.94. The summed E-state index contributed by atoms with van der Waals surface area (Å²) in [4.78, 5) is 4.57. The van der Waals surface area contributed by atoms with Crippen molar-refractivity contribution in [3.63, 3.8) is 0 Å². The van der Waals surface area contributed by atoms with Crippen molar-refractivity contribution in [1.82, 2.24) is 4.98 Å². The molecule has 0 spiro atoms. The molecule has 0 aliphatic carbocycles. The normalized spacial score (nSPS) is 14.2. The Labute approximate surface area is 124 Å². The van der Waals surface area contributed by atoms with Gasteiger partial charge in [-0.2, -0.15) is 5.26 Å². The van der Waals surface area contributed by atoms with E-state index < -0.39 is 10.8 Å². The summed E-state index contributed by atoms with van der Waals surface area (Å²) in [5.74, 6) is 1.63. The number of nitriles is 1. The highest BCUT2D eigenvalue weighted by molar-refractivity contribution is 7.84. The number of fused-ring (bicyclic) bond motifs is 1. The average Bonchev–Trinajstić information content (AvgIpc) is 2.54. The van der Waals surface area contributed by atoms with Gasteiger partial charge in [0.15, 0.2) is 11.5 Å². The maximum atomic E-state index is 12.4. The van der Waals surface area contributed by atoms with Crippen LogP contribution in [0.2, 0.25) is 0 Å². The summed E-state index contributed by atoms with van der Waals surface area (Å²) in [5.41, 5.74) is 1.14. The van der Waals surface area contributed by atoms with Gasteiger partial charge in [0.1, 0.15) is 25.0 Å². The molecule has 3 rings (SSSR count). The lowest BCUT2D eigenvalue weighted by Crippen LogP contribution is -2.15. The zero-order chi connectivity index (χ0) is 14.7. The van der Waals surface area contributed by atoms with Crippen LogP contribution < -0.4 is 9.47 Å². The minimum Gasteiger partial charge on any atom is -0.486 e. The number of nitrogens with zero attached hydrogens (tertiary/aromatic N) is 2. The van der Waals surface area contributed by atoms with Crippen LogP contribution in [-0.2, 0) is 16.6 Å². The van der Waals surface area contributed by atoms with Crippen LogP contribution in [0.1, 0.15) is 11.3 Å². The summed E-state index contributed by atoms with van der Waals surface area (Å²) in [6.45, 7) is 1.03. The molecule has 1 aliphatic heterocycles. The van der Waals surface area contributed by atoms with Crippen LogP contribution in [0.15, 0.2) is 41.4 Å². The smallest absolute Gasteiger partial charge is 0.162 e. The predicted molar refractivity (Wildman–Crippen MR) is 76.5 cm³/mol. The fraction of sp³-hybridized carbons (Fsp3) is 0.200. The van der Waals surface area contributed by atoms with Crippen LogP contribution in [0.4, 0.5) is 0 Å². The zero-order valence-corrected chi connectivity index (χ0v) is 11.9. The van der Waals surface area contributed by atoms with E-state index in [9.17, 15) is 4.21 Å². The topological polar surface area (TPSA) is 72.2 Å². The Morgan fingerprint density at radius 1 is 1.19 bits per heavy atom. The maximum absolute atomic E-state index is 12.4. The number of rotatable bonds is 3. The van der Waals surface area contributed by atoms with E-state index in [0.29, 0.717) is 41.1 Å². The second-order valence-corrected chi connectivity index (χ2v) is 5.91. The molecule has 21 heavy (non-hydrogen) atoms. The molecule has 0 amide bonds. The molecule has 0 saturated carbocycles. The van der Waals surface area contributed by atoms with Crippen molar-refractivity contribution in [2.45, 2.75) is 10.6 Å². The van der Waals surface area contributed by atoms with Crippen LogP contribution in [-0.4, -0.2) is 22.4 Å². The molecule has 1 aromatic carbocycles. The Morgan fingerprint density at radius 2 is 2.00 bits per heavy atom. The van der Waals surface area contributed by atoms with Crippen molar-refractivity contribution in [2.75, 3.05) is 13.2 Å². The molecule has 6 heteroatoms. The van der Waals surface area contributed by atoms with Crippen molar-refractivity contribution in [3.8, 4) is 17.6 Å². The first-order valence-corrected chi connectivity index (χ1v) is 7.71. The third-order valence-electron chi connectivity index (χ3n) is 3.01. The van der Waals surface area contributed by atoms with Gasteiger partial charge in [0.2, 0.25) is 0 Å². The SMILES string of the molecule is N#Cc1cc(CS(=O)c2ccc3c(c2)OCCO3)ccn1. The van der Waals surface area contributed by atoms with Crippen LogP contribution >= 0.6 is 0 Å². The molecule has 106 valence electrons. The van der Waals surface area contributed by atoms with Gasteiger partial charge in [-0.1, -0.05) is 0 Å². The molecule has 2 heterocycles. The Kier molecular flexibility index (Phi) is 3.84. The Hall–Kier alpha value is -2.39. The number of benzene rings is 1. The van der Waals surface area contributed by atoms with E-state index in [1.54, 1.807) is 36.5 Å². The summed E-state index contributed by atoms with van der Waals surface area (Å²) in [6.07, 6.45) is 1.55. The second-order valence-electron chi connectivity index (χ2n) is 4.46. The Morgan fingerprint density at radius 3 is 2.81 bits per heavy atom. The van der Waals surface area contributed by atoms with E-state index in [1.165, 1.54) is 0 Å². The molecule has 5 nitrogen and oxygen atoms in total. The summed E-state index contributed by atoms with van der Waals surface area (Å²) in [5, 5.41) is 8.83. The van der Waals surface area contributed by atoms with Gasteiger partial charge >= 0.3 is 0 Å². The van der Waals surface area contributed by atoms with Crippen molar-refractivity contribution in [3.05, 3.63) is 47.8 Å². The van der Waals surface area contributed by atoms with Gasteiger partial charge in [0.05, 0.1) is 16.6 Å². The van der Waals surface area contributed by atoms with E-state index in [-0.39, 0.29) is 0 Å². The molecule has 1 aliphatic rings. The molecule has 0 N–H and O–H groups in total. The molecular weight excluding hydrogens is 288 g/mol. The number of pyridine rings is 1. The quantitative estimate of drug-likeness (QED) is 0.867. The molecule has 0 bridgehead atoms. The van der Waals surface area contributed by atoms with E-state index in [2.05, 4.69) is 4.98 Å². The lowest BCUT2D eigenvalue weighted by molar-refractivity contribution is 0.171. The monoisotopic (exact) mass is 300 g/mol. The third-order valence-corrected chi connectivity index (χ3v) is 4.39. The number of hydrogen-bond donors (Lipinski definition) is 0. The first kappa shape index (κ1) is 13.6. The molecule has 0 radical (unpaired) electrons. The summed E-state index contributed by atoms with van der Waals surface area (Å²) >= 11 is 0. The fourth-order valence-electron chi connectivity index (χ4n) is 2.03. The number of hydrogen-bond acceptors (Lipinski definition) is 5. The zero-order valence-electron chi connectivity index (χ0n) is 11.1. The lowest BCUT2D eigenvalue weighted by Gasteiger charge is -2.18. The first-order valence-electron chi connectivity index (χ1n) is 6.39. The Bertz CT molecular complexity index is 740. The standard InChI is InChI=1S/C15H12N2O3S/c16-9-12-7-11(3-4-17-12)10-21(18)13-1-2-14-15(8-13)20-6-5-19-14/h1-4,7-8H,5-6,10H2. The van der Waals surface area contributed by atoms with E-state index in [0.717, 1.165) is 5.56 Å². The minimum absolute atomic E-state index is 0.326. The van der Waals surface area contributed by atoms with E-state index in [4.69, 9.17) is 14.7 Å². The molecular formula is C15H12N2O3S. The molecule has 0 fully saturated rings. The van der Waals surface area contributed by atoms with Crippen LogP contribution in [0, 0.1) is 11.3 Å². The fourth-order valence-corrected chi connectivity index (χ4v) is 3.13.